The summed E-state index contributed by atoms with van der Waals surface area (Å²) in [6.07, 6.45) is 1.81. The van der Waals surface area contributed by atoms with E-state index < -0.39 is 0 Å². The maximum Gasteiger partial charge on any atom is 0.124 e. The normalized spacial score (nSPS) is 12.5. The molecule has 1 aromatic carbocycles. The molecule has 0 radical (unpaired) electrons. The third-order valence-electron chi connectivity index (χ3n) is 2.31. The Bertz CT molecular complexity index is 317. The van der Waals surface area contributed by atoms with Crippen LogP contribution in [0.1, 0.15) is 24.4 Å². The van der Waals surface area contributed by atoms with Gasteiger partial charge in [0.15, 0.2) is 0 Å². The number of ether oxygens (including phenoxy) is 1. The SMILES string of the molecule is COc1cc(Br)ccc1[C@@H](N)CCCN. The molecule has 0 saturated carbocycles. The first-order valence-electron chi connectivity index (χ1n) is 4.98. The van der Waals surface area contributed by atoms with Gasteiger partial charge in [0.2, 0.25) is 0 Å². The van der Waals surface area contributed by atoms with Gasteiger partial charge in [0.1, 0.15) is 5.75 Å². The Morgan fingerprint density at radius 2 is 2.20 bits per heavy atom. The fourth-order valence-corrected chi connectivity index (χ4v) is 1.82. The first kappa shape index (κ1) is 12.5. The Labute approximate surface area is 98.9 Å². The van der Waals surface area contributed by atoms with Crippen molar-refractivity contribution in [1.82, 2.24) is 0 Å². The lowest BCUT2D eigenvalue weighted by Gasteiger charge is -2.15. The van der Waals surface area contributed by atoms with Gasteiger partial charge in [-0.1, -0.05) is 22.0 Å². The third-order valence-corrected chi connectivity index (χ3v) is 2.81. The van der Waals surface area contributed by atoms with Crippen molar-refractivity contribution in [2.45, 2.75) is 18.9 Å². The van der Waals surface area contributed by atoms with Gasteiger partial charge in [0, 0.05) is 16.1 Å². The maximum absolute atomic E-state index is 6.06. The minimum Gasteiger partial charge on any atom is -0.496 e. The average Bonchev–Trinajstić information content (AvgIpc) is 2.25. The fraction of sp³-hybridized carbons (Fsp3) is 0.455. The van der Waals surface area contributed by atoms with E-state index in [9.17, 15) is 0 Å². The van der Waals surface area contributed by atoms with Crippen molar-refractivity contribution in [2.75, 3.05) is 13.7 Å². The molecule has 1 rings (SSSR count). The number of nitrogens with two attached hydrogens (primary N) is 2. The predicted molar refractivity (Wildman–Crippen MR) is 65.9 cm³/mol. The number of halogens is 1. The van der Waals surface area contributed by atoms with Gasteiger partial charge in [0.25, 0.3) is 0 Å². The highest BCUT2D eigenvalue weighted by Gasteiger charge is 2.11. The van der Waals surface area contributed by atoms with Crippen LogP contribution in [0.4, 0.5) is 0 Å². The second-order valence-electron chi connectivity index (χ2n) is 3.42. The molecule has 0 unspecified atom stereocenters. The summed E-state index contributed by atoms with van der Waals surface area (Å²) in [5, 5.41) is 0. The molecule has 4 heteroatoms. The van der Waals surface area contributed by atoms with Crippen molar-refractivity contribution in [3.63, 3.8) is 0 Å². The average molecular weight is 273 g/mol. The number of benzene rings is 1. The molecule has 15 heavy (non-hydrogen) atoms. The highest BCUT2D eigenvalue weighted by molar-refractivity contribution is 9.10. The molecule has 0 aliphatic carbocycles. The van der Waals surface area contributed by atoms with E-state index in [-0.39, 0.29) is 6.04 Å². The smallest absolute Gasteiger partial charge is 0.124 e. The summed E-state index contributed by atoms with van der Waals surface area (Å²) in [6, 6.07) is 5.89. The summed E-state index contributed by atoms with van der Waals surface area (Å²) in [5.74, 6) is 0.828. The molecule has 3 nitrogen and oxygen atoms in total. The van der Waals surface area contributed by atoms with E-state index in [2.05, 4.69) is 15.9 Å². The highest BCUT2D eigenvalue weighted by atomic mass is 79.9. The van der Waals surface area contributed by atoms with Gasteiger partial charge in [-0.3, -0.25) is 0 Å². The van der Waals surface area contributed by atoms with Crippen molar-refractivity contribution >= 4 is 15.9 Å². The predicted octanol–water partition coefficient (Wildman–Crippen LogP) is 2.20. The van der Waals surface area contributed by atoms with Gasteiger partial charge in [-0.25, -0.2) is 0 Å². The van der Waals surface area contributed by atoms with Gasteiger partial charge in [-0.05, 0) is 31.5 Å². The lowest BCUT2D eigenvalue weighted by Crippen LogP contribution is -2.13. The van der Waals surface area contributed by atoms with Crippen LogP contribution < -0.4 is 16.2 Å². The Morgan fingerprint density at radius 1 is 1.47 bits per heavy atom. The van der Waals surface area contributed by atoms with Crippen molar-refractivity contribution in [2.24, 2.45) is 11.5 Å². The molecule has 0 aliphatic rings. The molecular weight excluding hydrogens is 256 g/mol. The number of hydrogen-bond acceptors (Lipinski definition) is 3. The van der Waals surface area contributed by atoms with Gasteiger partial charge < -0.3 is 16.2 Å². The Balaban J connectivity index is 2.82. The van der Waals surface area contributed by atoms with E-state index in [0.29, 0.717) is 6.54 Å². The zero-order valence-electron chi connectivity index (χ0n) is 8.87. The first-order chi connectivity index (χ1) is 7.19. The van der Waals surface area contributed by atoms with Crippen LogP contribution in [0.2, 0.25) is 0 Å². The van der Waals surface area contributed by atoms with Crippen LogP contribution in [0, 0.1) is 0 Å². The van der Waals surface area contributed by atoms with E-state index in [4.69, 9.17) is 16.2 Å². The Hall–Kier alpha value is -0.580. The minimum absolute atomic E-state index is 0.00315. The molecule has 0 aliphatic heterocycles. The molecule has 0 bridgehead atoms. The fourth-order valence-electron chi connectivity index (χ4n) is 1.48. The van der Waals surface area contributed by atoms with Crippen LogP contribution in [0.25, 0.3) is 0 Å². The molecule has 0 aromatic heterocycles. The summed E-state index contributed by atoms with van der Waals surface area (Å²) in [5.41, 5.74) is 12.5. The lowest BCUT2D eigenvalue weighted by atomic mass is 10.0. The van der Waals surface area contributed by atoms with E-state index in [1.165, 1.54) is 0 Å². The molecular formula is C11H17BrN2O. The van der Waals surface area contributed by atoms with Crippen LogP contribution in [-0.2, 0) is 0 Å². The van der Waals surface area contributed by atoms with Crippen LogP contribution >= 0.6 is 15.9 Å². The summed E-state index contributed by atoms with van der Waals surface area (Å²) < 4.78 is 6.28. The molecule has 84 valence electrons. The molecule has 0 fully saturated rings. The monoisotopic (exact) mass is 272 g/mol. The zero-order chi connectivity index (χ0) is 11.3. The van der Waals surface area contributed by atoms with Gasteiger partial charge >= 0.3 is 0 Å². The topological polar surface area (TPSA) is 61.3 Å². The molecule has 4 N–H and O–H groups in total. The largest absolute Gasteiger partial charge is 0.496 e. The van der Waals surface area contributed by atoms with Crippen molar-refractivity contribution in [3.8, 4) is 5.75 Å². The Morgan fingerprint density at radius 3 is 2.80 bits per heavy atom. The maximum atomic E-state index is 6.06. The second kappa shape index (κ2) is 6.10. The molecule has 1 atom stereocenters. The number of methoxy groups -OCH3 is 1. The van der Waals surface area contributed by atoms with E-state index in [0.717, 1.165) is 28.6 Å². The zero-order valence-corrected chi connectivity index (χ0v) is 10.5. The molecule has 1 aromatic rings. The quantitative estimate of drug-likeness (QED) is 0.864. The van der Waals surface area contributed by atoms with Gasteiger partial charge in [-0.15, -0.1) is 0 Å². The lowest BCUT2D eigenvalue weighted by molar-refractivity contribution is 0.403. The van der Waals surface area contributed by atoms with E-state index >= 15 is 0 Å². The van der Waals surface area contributed by atoms with E-state index in [1.54, 1.807) is 7.11 Å². The molecule has 0 saturated heterocycles. The van der Waals surface area contributed by atoms with Crippen molar-refractivity contribution in [1.29, 1.82) is 0 Å². The number of hydrogen-bond donors (Lipinski definition) is 2. The van der Waals surface area contributed by atoms with Crippen LogP contribution in [0.15, 0.2) is 22.7 Å². The molecule has 0 spiro atoms. The first-order valence-corrected chi connectivity index (χ1v) is 5.77. The van der Waals surface area contributed by atoms with Crippen LogP contribution in [0.3, 0.4) is 0 Å². The molecule has 0 heterocycles. The molecule has 0 amide bonds. The standard InChI is InChI=1S/C11H17BrN2O/c1-15-11-7-8(12)4-5-9(11)10(14)3-2-6-13/h4-5,7,10H,2-3,6,13-14H2,1H3/t10-/m0/s1. The van der Waals surface area contributed by atoms with E-state index in [1.807, 2.05) is 18.2 Å². The second-order valence-corrected chi connectivity index (χ2v) is 4.34. The summed E-state index contributed by atoms with van der Waals surface area (Å²) in [6.45, 7) is 0.673. The summed E-state index contributed by atoms with van der Waals surface area (Å²) in [4.78, 5) is 0. The highest BCUT2D eigenvalue weighted by Crippen LogP contribution is 2.29. The van der Waals surface area contributed by atoms with Gasteiger partial charge in [0.05, 0.1) is 7.11 Å². The minimum atomic E-state index is -0.00315. The number of rotatable bonds is 5. The van der Waals surface area contributed by atoms with Crippen molar-refractivity contribution < 1.29 is 4.74 Å². The van der Waals surface area contributed by atoms with Crippen molar-refractivity contribution in [3.05, 3.63) is 28.2 Å². The van der Waals surface area contributed by atoms with Crippen LogP contribution in [-0.4, -0.2) is 13.7 Å². The third kappa shape index (κ3) is 3.48. The summed E-state index contributed by atoms with van der Waals surface area (Å²) in [7, 11) is 1.65. The van der Waals surface area contributed by atoms with Crippen LogP contribution in [0.5, 0.6) is 5.75 Å². The Kier molecular flexibility index (Phi) is 5.08. The summed E-state index contributed by atoms with van der Waals surface area (Å²) >= 11 is 3.40. The van der Waals surface area contributed by atoms with Gasteiger partial charge in [-0.2, -0.15) is 0 Å².